The molecule has 7 heteroatoms. The van der Waals surface area contributed by atoms with E-state index >= 15 is 0 Å². The highest BCUT2D eigenvalue weighted by Crippen LogP contribution is 2.11. The zero-order valence-electron chi connectivity index (χ0n) is 7.73. The molecular formula is C8H9N5OS. The smallest absolute Gasteiger partial charge is 0.276 e. The van der Waals surface area contributed by atoms with Gasteiger partial charge in [-0.15, -0.1) is 11.3 Å². The lowest BCUT2D eigenvalue weighted by Crippen LogP contribution is -2.15. The van der Waals surface area contributed by atoms with Gasteiger partial charge in [0.2, 0.25) is 0 Å². The van der Waals surface area contributed by atoms with E-state index in [0.717, 1.165) is 4.88 Å². The number of nitrogen functional groups attached to an aromatic ring is 1. The standard InChI is InChI=1S/C8H9N5OS/c9-6-7(12-3-13-8(6)14)11-2-5-1-10-4-15-5/h1,3-4H,2,9H2,(H2,11,12,13,14). The predicted octanol–water partition coefficient (Wildman–Crippen LogP) is 0.421. The average Bonchev–Trinajstić information content (AvgIpc) is 2.73. The maximum absolute atomic E-state index is 11.1. The Morgan fingerprint density at radius 2 is 2.47 bits per heavy atom. The average molecular weight is 223 g/mol. The normalized spacial score (nSPS) is 10.1. The molecule has 0 saturated carbocycles. The number of hydrogen-bond donors (Lipinski definition) is 3. The maximum Gasteiger partial charge on any atom is 0.276 e. The summed E-state index contributed by atoms with van der Waals surface area (Å²) in [7, 11) is 0. The van der Waals surface area contributed by atoms with Crippen molar-refractivity contribution in [3.8, 4) is 0 Å². The molecule has 4 N–H and O–H groups in total. The van der Waals surface area contributed by atoms with Crippen LogP contribution in [0.2, 0.25) is 0 Å². The van der Waals surface area contributed by atoms with Gasteiger partial charge in [-0.05, 0) is 0 Å². The molecule has 2 aromatic heterocycles. The van der Waals surface area contributed by atoms with E-state index in [2.05, 4.69) is 20.3 Å². The van der Waals surface area contributed by atoms with Crippen molar-refractivity contribution in [2.75, 3.05) is 11.1 Å². The number of nitrogens with zero attached hydrogens (tertiary/aromatic N) is 2. The summed E-state index contributed by atoms with van der Waals surface area (Å²) in [6.45, 7) is 0.561. The van der Waals surface area contributed by atoms with Crippen molar-refractivity contribution in [3.05, 3.63) is 33.3 Å². The summed E-state index contributed by atoms with van der Waals surface area (Å²) < 4.78 is 0. The third-order valence-electron chi connectivity index (χ3n) is 1.80. The third-order valence-corrected chi connectivity index (χ3v) is 2.58. The van der Waals surface area contributed by atoms with E-state index in [-0.39, 0.29) is 11.2 Å². The fourth-order valence-electron chi connectivity index (χ4n) is 1.05. The summed E-state index contributed by atoms with van der Waals surface area (Å²) in [5.74, 6) is 0.396. The van der Waals surface area contributed by atoms with E-state index in [1.807, 2.05) is 0 Å². The van der Waals surface area contributed by atoms with Gasteiger partial charge in [-0.2, -0.15) is 0 Å². The van der Waals surface area contributed by atoms with Crippen LogP contribution in [0.25, 0.3) is 0 Å². The van der Waals surface area contributed by atoms with Gasteiger partial charge in [-0.25, -0.2) is 4.98 Å². The Balaban J connectivity index is 2.12. The van der Waals surface area contributed by atoms with E-state index in [1.165, 1.54) is 17.7 Å². The molecule has 0 unspecified atom stereocenters. The number of nitrogens with two attached hydrogens (primary N) is 1. The van der Waals surface area contributed by atoms with Crippen molar-refractivity contribution >= 4 is 22.8 Å². The molecule has 2 aromatic rings. The Morgan fingerprint density at radius 1 is 1.60 bits per heavy atom. The topological polar surface area (TPSA) is 96.7 Å². The van der Waals surface area contributed by atoms with Crippen LogP contribution in [0, 0.1) is 0 Å². The second kappa shape index (κ2) is 4.09. The lowest BCUT2D eigenvalue weighted by molar-refractivity contribution is 1.07. The molecule has 0 aliphatic rings. The second-order valence-corrected chi connectivity index (χ2v) is 3.79. The van der Waals surface area contributed by atoms with Crippen LogP contribution in [0.1, 0.15) is 4.88 Å². The SMILES string of the molecule is Nc1c(NCc2cncs2)nc[nH]c1=O. The van der Waals surface area contributed by atoms with Gasteiger partial charge in [0.25, 0.3) is 5.56 Å². The number of hydrogen-bond acceptors (Lipinski definition) is 6. The van der Waals surface area contributed by atoms with E-state index in [4.69, 9.17) is 5.73 Å². The number of aromatic nitrogens is 3. The van der Waals surface area contributed by atoms with Crippen LogP contribution >= 0.6 is 11.3 Å². The highest BCUT2D eigenvalue weighted by Gasteiger charge is 2.03. The molecule has 2 heterocycles. The molecule has 0 saturated heterocycles. The van der Waals surface area contributed by atoms with Gasteiger partial charge in [-0.3, -0.25) is 9.78 Å². The van der Waals surface area contributed by atoms with Gasteiger partial charge < -0.3 is 16.0 Å². The summed E-state index contributed by atoms with van der Waals surface area (Å²) in [6, 6.07) is 0. The molecule has 0 spiro atoms. The van der Waals surface area contributed by atoms with Gasteiger partial charge in [-0.1, -0.05) is 0 Å². The van der Waals surface area contributed by atoms with Crippen molar-refractivity contribution in [2.45, 2.75) is 6.54 Å². The Bertz CT molecular complexity index is 492. The van der Waals surface area contributed by atoms with Crippen LogP contribution in [0.15, 0.2) is 22.8 Å². The third kappa shape index (κ3) is 2.13. The lowest BCUT2D eigenvalue weighted by Gasteiger charge is -2.04. The maximum atomic E-state index is 11.1. The Kier molecular flexibility index (Phi) is 2.64. The number of thiazole rings is 1. The molecule has 0 atom stereocenters. The highest BCUT2D eigenvalue weighted by molar-refractivity contribution is 7.09. The number of rotatable bonds is 3. The molecule has 0 fully saturated rings. The van der Waals surface area contributed by atoms with Crippen molar-refractivity contribution in [3.63, 3.8) is 0 Å². The monoisotopic (exact) mass is 223 g/mol. The minimum Gasteiger partial charge on any atom is -0.391 e. The van der Waals surface area contributed by atoms with Crippen LogP contribution in [-0.2, 0) is 6.54 Å². The van der Waals surface area contributed by atoms with E-state index in [1.54, 1.807) is 11.7 Å². The molecule has 0 bridgehead atoms. The van der Waals surface area contributed by atoms with Gasteiger partial charge in [0, 0.05) is 11.1 Å². The molecule has 15 heavy (non-hydrogen) atoms. The predicted molar refractivity (Wildman–Crippen MR) is 58.7 cm³/mol. The Hall–Kier alpha value is -1.89. The summed E-state index contributed by atoms with van der Waals surface area (Å²) in [5.41, 5.74) is 7.05. The van der Waals surface area contributed by atoms with Crippen molar-refractivity contribution in [2.24, 2.45) is 0 Å². The number of nitrogens with one attached hydrogen (secondary N) is 2. The Morgan fingerprint density at radius 3 is 3.20 bits per heavy atom. The van der Waals surface area contributed by atoms with Crippen molar-refractivity contribution < 1.29 is 0 Å². The summed E-state index contributed by atoms with van der Waals surface area (Å²) >= 11 is 1.52. The van der Waals surface area contributed by atoms with Crippen LogP contribution < -0.4 is 16.6 Å². The first-order chi connectivity index (χ1) is 7.27. The van der Waals surface area contributed by atoms with E-state index in [0.29, 0.717) is 12.4 Å². The van der Waals surface area contributed by atoms with Gasteiger partial charge in [0.1, 0.15) is 5.69 Å². The first-order valence-corrected chi connectivity index (χ1v) is 5.09. The van der Waals surface area contributed by atoms with Crippen LogP contribution in [-0.4, -0.2) is 15.0 Å². The van der Waals surface area contributed by atoms with Crippen LogP contribution in [0.3, 0.4) is 0 Å². The zero-order chi connectivity index (χ0) is 10.7. The number of H-pyrrole nitrogens is 1. The quantitative estimate of drug-likeness (QED) is 0.700. The molecule has 0 aliphatic carbocycles. The highest BCUT2D eigenvalue weighted by atomic mass is 32.1. The summed E-state index contributed by atoms with van der Waals surface area (Å²) in [4.78, 5) is 22.4. The fourth-order valence-corrected chi connectivity index (χ4v) is 1.59. The van der Waals surface area contributed by atoms with E-state index in [9.17, 15) is 4.79 Å². The molecule has 78 valence electrons. The van der Waals surface area contributed by atoms with Crippen molar-refractivity contribution in [1.82, 2.24) is 15.0 Å². The van der Waals surface area contributed by atoms with Gasteiger partial charge >= 0.3 is 0 Å². The minimum absolute atomic E-state index is 0.0991. The summed E-state index contributed by atoms with van der Waals surface area (Å²) in [6.07, 6.45) is 3.06. The molecule has 0 aliphatic heterocycles. The number of aromatic amines is 1. The number of anilines is 2. The van der Waals surface area contributed by atoms with Gasteiger partial charge in [0.05, 0.1) is 18.4 Å². The van der Waals surface area contributed by atoms with Crippen molar-refractivity contribution in [1.29, 1.82) is 0 Å². The molecule has 6 nitrogen and oxygen atoms in total. The first kappa shape index (κ1) is 9.66. The lowest BCUT2D eigenvalue weighted by atomic mass is 10.4. The largest absolute Gasteiger partial charge is 0.391 e. The fraction of sp³-hybridized carbons (Fsp3) is 0.125. The van der Waals surface area contributed by atoms with Crippen LogP contribution in [0.4, 0.5) is 11.5 Å². The molecule has 0 radical (unpaired) electrons. The van der Waals surface area contributed by atoms with Gasteiger partial charge in [0.15, 0.2) is 5.82 Å². The Labute approximate surface area is 89.2 Å². The first-order valence-electron chi connectivity index (χ1n) is 4.22. The molecular weight excluding hydrogens is 214 g/mol. The second-order valence-electron chi connectivity index (χ2n) is 2.82. The summed E-state index contributed by atoms with van der Waals surface area (Å²) in [5, 5.41) is 2.97. The molecule has 0 amide bonds. The van der Waals surface area contributed by atoms with Crippen LogP contribution in [0.5, 0.6) is 0 Å². The van der Waals surface area contributed by atoms with E-state index < -0.39 is 0 Å². The molecule has 2 rings (SSSR count). The zero-order valence-corrected chi connectivity index (χ0v) is 8.54. The minimum atomic E-state index is -0.336. The molecule has 0 aromatic carbocycles.